The van der Waals surface area contributed by atoms with Crippen LogP contribution in [0.1, 0.15) is 56.9 Å². The van der Waals surface area contributed by atoms with Crippen LogP contribution in [0, 0.1) is 11.8 Å². The summed E-state index contributed by atoms with van der Waals surface area (Å²) in [7, 11) is 0. The minimum Gasteiger partial charge on any atom is -0.457 e. The van der Waals surface area contributed by atoms with Crippen molar-refractivity contribution in [2.45, 2.75) is 59.2 Å². The predicted molar refractivity (Wildman–Crippen MR) is 139 cm³/mol. The van der Waals surface area contributed by atoms with E-state index in [9.17, 15) is 24.3 Å². The lowest BCUT2D eigenvalue weighted by atomic mass is 9.94. The van der Waals surface area contributed by atoms with E-state index >= 15 is 0 Å². The van der Waals surface area contributed by atoms with Crippen molar-refractivity contribution in [3.8, 4) is 0 Å². The van der Waals surface area contributed by atoms with E-state index in [0.717, 1.165) is 11.8 Å². The maximum atomic E-state index is 13.1. The summed E-state index contributed by atoms with van der Waals surface area (Å²) in [6, 6.07) is 0. The van der Waals surface area contributed by atoms with E-state index in [-0.39, 0.29) is 66.7 Å². The molecule has 2 bridgehead atoms. The molecule has 1 aromatic heterocycles. The number of ketones is 1. The van der Waals surface area contributed by atoms with Crippen molar-refractivity contribution in [1.29, 1.82) is 0 Å². The number of hydrogen-bond donors (Lipinski definition) is 2. The van der Waals surface area contributed by atoms with Crippen molar-refractivity contribution in [2.24, 2.45) is 11.8 Å². The van der Waals surface area contributed by atoms with Crippen LogP contribution in [-0.2, 0) is 25.5 Å². The second-order valence-corrected chi connectivity index (χ2v) is 9.84. The number of aliphatic hydroxyl groups is 1. The lowest BCUT2D eigenvalue weighted by Gasteiger charge is -2.27. The molecule has 0 radical (unpaired) electrons. The number of ether oxygens (including phenoxy) is 1. The molecule has 0 unspecified atom stereocenters. The van der Waals surface area contributed by atoms with Crippen molar-refractivity contribution in [2.75, 3.05) is 13.1 Å². The number of rotatable bonds is 1. The fourth-order valence-electron chi connectivity index (χ4n) is 4.33. The van der Waals surface area contributed by atoms with Crippen LogP contribution in [0.4, 0.5) is 0 Å². The molecule has 2 aliphatic rings. The lowest BCUT2D eigenvalue weighted by molar-refractivity contribution is -0.149. The van der Waals surface area contributed by atoms with Crippen LogP contribution in [0.2, 0.25) is 0 Å². The number of cyclic esters (lactones) is 1. The molecule has 2 amide bonds. The molecule has 2 N–H and O–H groups in total. The van der Waals surface area contributed by atoms with Crippen LogP contribution in [-0.4, -0.2) is 63.9 Å². The molecule has 38 heavy (non-hydrogen) atoms. The standard InChI is InChI=1S/C28H35N3O7/c1-17(2)26-19(4)9-10-24(34)29-11-5-7-18(3)13-20(32)14-21(33)15-25-30-22(16-37-25)27(35)31-12-6-8-23(31)28(36)38-26/h5,7-10,13,16-17,19-20,26,32H,6,11-12,14-15H2,1-4H3,(H,29,34)/b7-5-,10-9-,18-13-/t19-,20-,26-/m0/s1. The van der Waals surface area contributed by atoms with Gasteiger partial charge >= 0.3 is 5.97 Å². The van der Waals surface area contributed by atoms with Gasteiger partial charge < -0.3 is 24.5 Å². The topological polar surface area (TPSA) is 139 Å². The normalized spacial score (nSPS) is 27.6. The molecule has 2 aliphatic heterocycles. The lowest BCUT2D eigenvalue weighted by Crippen LogP contribution is -2.36. The number of nitrogens with one attached hydrogen (secondary N) is 1. The van der Waals surface area contributed by atoms with Crippen molar-refractivity contribution >= 4 is 23.6 Å². The number of oxazole rings is 1. The maximum Gasteiger partial charge on any atom is 0.355 e. The Morgan fingerprint density at radius 1 is 1.18 bits per heavy atom. The Balaban J connectivity index is 1.86. The number of aliphatic hydroxyl groups excluding tert-OH is 1. The second-order valence-electron chi connectivity index (χ2n) is 9.84. The monoisotopic (exact) mass is 525 g/mol. The third kappa shape index (κ3) is 7.85. The third-order valence-electron chi connectivity index (χ3n) is 6.19. The fraction of sp³-hybridized carbons (Fsp3) is 0.464. The summed E-state index contributed by atoms with van der Waals surface area (Å²) in [6.07, 6.45) is 9.48. The van der Waals surface area contributed by atoms with Gasteiger partial charge in [-0.15, -0.1) is 0 Å². The van der Waals surface area contributed by atoms with Gasteiger partial charge in [0.1, 0.15) is 23.8 Å². The maximum absolute atomic E-state index is 13.1. The Kier molecular flexibility index (Phi) is 9.95. The smallest absolute Gasteiger partial charge is 0.355 e. The van der Waals surface area contributed by atoms with Crippen LogP contribution in [0.5, 0.6) is 0 Å². The second kappa shape index (κ2) is 13.1. The molecule has 0 spiro atoms. The highest BCUT2D eigenvalue weighted by Crippen LogP contribution is 2.24. The van der Waals surface area contributed by atoms with E-state index in [1.165, 1.54) is 11.0 Å². The molecule has 1 aromatic rings. The third-order valence-corrected chi connectivity index (χ3v) is 6.19. The number of esters is 1. The first kappa shape index (κ1) is 28.8. The SMILES string of the molecule is CC1=C/[C@H](O)CC(=O)Cc2nc(co2)C(=O)N2CCC=C2C(=O)O[C@@H](C(C)C)[C@@H](C)/C=C\C(=O)NC/C=C\1. The highest BCUT2D eigenvalue weighted by Gasteiger charge is 2.33. The molecule has 0 saturated carbocycles. The van der Waals surface area contributed by atoms with Crippen LogP contribution in [0.15, 0.2) is 58.4 Å². The highest BCUT2D eigenvalue weighted by atomic mass is 16.5. The summed E-state index contributed by atoms with van der Waals surface area (Å²) in [5.74, 6) is -2.07. The van der Waals surface area contributed by atoms with Crippen LogP contribution < -0.4 is 5.32 Å². The van der Waals surface area contributed by atoms with E-state index < -0.39 is 24.1 Å². The first-order valence-electron chi connectivity index (χ1n) is 12.7. The molecule has 0 aromatic carbocycles. The molecule has 10 heteroatoms. The van der Waals surface area contributed by atoms with Gasteiger partial charge in [-0.25, -0.2) is 9.78 Å². The average Bonchev–Trinajstić information content (AvgIpc) is 3.52. The van der Waals surface area contributed by atoms with Gasteiger partial charge in [0.2, 0.25) is 11.8 Å². The Morgan fingerprint density at radius 3 is 2.68 bits per heavy atom. The van der Waals surface area contributed by atoms with Gasteiger partial charge in [0.25, 0.3) is 5.91 Å². The van der Waals surface area contributed by atoms with Gasteiger partial charge in [-0.05, 0) is 25.3 Å². The number of aromatic nitrogens is 1. The summed E-state index contributed by atoms with van der Waals surface area (Å²) in [6.45, 7) is 8.00. The molecular formula is C28H35N3O7. The van der Waals surface area contributed by atoms with E-state index in [0.29, 0.717) is 6.42 Å². The molecule has 10 nitrogen and oxygen atoms in total. The van der Waals surface area contributed by atoms with Gasteiger partial charge in [0, 0.05) is 25.4 Å². The number of Topliss-reactive ketones (excluding diaryl/α,β-unsaturated/α-hetero) is 1. The molecule has 204 valence electrons. The number of nitrogens with zero attached hydrogens (tertiary/aromatic N) is 2. The number of carbonyl (C=O) groups excluding carboxylic acids is 4. The zero-order chi connectivity index (χ0) is 27.8. The summed E-state index contributed by atoms with van der Waals surface area (Å²) < 4.78 is 11.1. The van der Waals surface area contributed by atoms with Gasteiger partial charge in [0.05, 0.1) is 12.5 Å². The van der Waals surface area contributed by atoms with E-state index in [2.05, 4.69) is 10.3 Å². The zero-order valence-electron chi connectivity index (χ0n) is 22.2. The van der Waals surface area contributed by atoms with E-state index in [4.69, 9.17) is 9.15 Å². The summed E-state index contributed by atoms with van der Waals surface area (Å²) in [5, 5.41) is 13.0. The molecule has 3 rings (SSSR count). The molecule has 0 saturated heterocycles. The average molecular weight is 526 g/mol. The minimum absolute atomic E-state index is 0.0315. The molecular weight excluding hydrogens is 490 g/mol. The first-order valence-corrected chi connectivity index (χ1v) is 12.7. The largest absolute Gasteiger partial charge is 0.457 e. The Bertz CT molecular complexity index is 1170. The quantitative estimate of drug-likeness (QED) is 0.534. The molecule has 0 aliphatic carbocycles. The number of carbonyl (C=O) groups is 4. The zero-order valence-corrected chi connectivity index (χ0v) is 22.2. The number of allylic oxidation sites excluding steroid dienone is 2. The van der Waals surface area contributed by atoms with E-state index in [1.807, 2.05) is 20.8 Å². The van der Waals surface area contributed by atoms with Crippen LogP contribution in [0.3, 0.4) is 0 Å². The van der Waals surface area contributed by atoms with Crippen molar-refractivity contribution < 1.29 is 33.4 Å². The van der Waals surface area contributed by atoms with Gasteiger partial charge in [-0.1, -0.05) is 56.7 Å². The predicted octanol–water partition coefficient (Wildman–Crippen LogP) is 2.66. The molecule has 0 fully saturated rings. The van der Waals surface area contributed by atoms with Crippen molar-refractivity contribution in [3.05, 3.63) is 65.6 Å². The van der Waals surface area contributed by atoms with Gasteiger partial charge in [-0.2, -0.15) is 0 Å². The summed E-state index contributed by atoms with van der Waals surface area (Å²) in [4.78, 5) is 56.3. The molecule has 3 heterocycles. The number of amides is 2. The van der Waals surface area contributed by atoms with Gasteiger partial charge in [0.15, 0.2) is 5.69 Å². The Labute approximate surface area is 222 Å². The first-order chi connectivity index (χ1) is 18.0. The number of hydrogen-bond acceptors (Lipinski definition) is 8. The minimum atomic E-state index is -1.01. The van der Waals surface area contributed by atoms with Crippen molar-refractivity contribution in [3.63, 3.8) is 0 Å². The molecule has 3 atom stereocenters. The highest BCUT2D eigenvalue weighted by molar-refractivity contribution is 6.00. The fourth-order valence-corrected chi connectivity index (χ4v) is 4.33. The summed E-state index contributed by atoms with van der Waals surface area (Å²) >= 11 is 0. The Hall–Kier alpha value is -3.79. The number of fused-ring (bicyclic) bond motifs is 3. The van der Waals surface area contributed by atoms with E-state index in [1.54, 1.807) is 37.3 Å². The van der Waals surface area contributed by atoms with Crippen molar-refractivity contribution in [1.82, 2.24) is 15.2 Å². The van der Waals surface area contributed by atoms with Crippen LogP contribution in [0.25, 0.3) is 0 Å². The Morgan fingerprint density at radius 2 is 1.95 bits per heavy atom. The van der Waals surface area contributed by atoms with Crippen LogP contribution >= 0.6 is 0 Å². The summed E-state index contributed by atoms with van der Waals surface area (Å²) in [5.41, 5.74) is 0.809. The van der Waals surface area contributed by atoms with Gasteiger partial charge in [-0.3, -0.25) is 14.4 Å².